The van der Waals surface area contributed by atoms with E-state index in [4.69, 9.17) is 5.73 Å². The Hall–Kier alpha value is -2.34. The predicted octanol–water partition coefficient (Wildman–Crippen LogP) is 3.61. The molecule has 0 aliphatic heterocycles. The zero-order chi connectivity index (χ0) is 16.4. The highest BCUT2D eigenvalue weighted by atomic mass is 79.9. The fourth-order valence-corrected chi connectivity index (χ4v) is 2.87. The molecule has 1 aliphatic carbocycles. The number of halogens is 1. The lowest BCUT2D eigenvalue weighted by Crippen LogP contribution is -2.27. The summed E-state index contributed by atoms with van der Waals surface area (Å²) in [5, 5.41) is 5.42. The number of primary amides is 1. The second-order valence-electron chi connectivity index (χ2n) is 5.61. The van der Waals surface area contributed by atoms with Crippen LogP contribution in [0, 0.1) is 0 Å². The third-order valence-corrected chi connectivity index (χ3v) is 4.50. The molecule has 5 nitrogen and oxygen atoms in total. The van der Waals surface area contributed by atoms with Gasteiger partial charge in [-0.05, 0) is 48.7 Å². The van der Waals surface area contributed by atoms with Gasteiger partial charge in [-0.1, -0.05) is 34.1 Å². The van der Waals surface area contributed by atoms with Gasteiger partial charge in [0.05, 0.1) is 5.41 Å². The summed E-state index contributed by atoms with van der Waals surface area (Å²) < 4.78 is 0.989. The molecule has 118 valence electrons. The molecule has 0 aromatic heterocycles. The van der Waals surface area contributed by atoms with Crippen molar-refractivity contribution in [3.8, 4) is 0 Å². The van der Waals surface area contributed by atoms with Crippen LogP contribution in [0.5, 0.6) is 0 Å². The largest absolute Gasteiger partial charge is 0.351 e. The van der Waals surface area contributed by atoms with Crippen molar-refractivity contribution in [3.05, 3.63) is 58.6 Å². The predicted molar refractivity (Wildman–Crippen MR) is 93.3 cm³/mol. The Labute approximate surface area is 142 Å². The van der Waals surface area contributed by atoms with E-state index < -0.39 is 11.4 Å². The number of anilines is 2. The quantitative estimate of drug-likeness (QED) is 0.764. The summed E-state index contributed by atoms with van der Waals surface area (Å²) in [4.78, 5) is 23.6. The number of nitrogens with two attached hydrogens (primary N) is 1. The highest BCUT2D eigenvalue weighted by Crippen LogP contribution is 2.49. The lowest BCUT2D eigenvalue weighted by molar-refractivity contribution is -0.118. The zero-order valence-corrected chi connectivity index (χ0v) is 13.9. The topological polar surface area (TPSA) is 84.2 Å². The van der Waals surface area contributed by atoms with E-state index in [-0.39, 0.29) is 5.91 Å². The van der Waals surface area contributed by atoms with Gasteiger partial charge in [0.25, 0.3) is 0 Å². The van der Waals surface area contributed by atoms with Gasteiger partial charge in [-0.2, -0.15) is 0 Å². The van der Waals surface area contributed by atoms with Gasteiger partial charge in [-0.3, -0.25) is 4.79 Å². The highest BCUT2D eigenvalue weighted by Gasteiger charge is 2.51. The van der Waals surface area contributed by atoms with Crippen molar-refractivity contribution in [2.75, 3.05) is 10.6 Å². The SMILES string of the molecule is NC(=O)Nc1cccc(NC(=O)C2(c3ccc(Br)cc3)CC2)c1. The maximum atomic E-state index is 12.7. The molecule has 0 saturated heterocycles. The highest BCUT2D eigenvalue weighted by molar-refractivity contribution is 9.10. The van der Waals surface area contributed by atoms with E-state index in [1.165, 1.54) is 0 Å². The molecule has 1 aliphatic rings. The summed E-state index contributed by atoms with van der Waals surface area (Å²) >= 11 is 3.41. The molecule has 2 aromatic rings. The third-order valence-electron chi connectivity index (χ3n) is 3.97. The Bertz CT molecular complexity index is 755. The molecule has 6 heteroatoms. The van der Waals surface area contributed by atoms with Crippen molar-refractivity contribution >= 4 is 39.2 Å². The smallest absolute Gasteiger partial charge is 0.316 e. The van der Waals surface area contributed by atoms with E-state index in [0.29, 0.717) is 11.4 Å². The fraction of sp³-hybridized carbons (Fsp3) is 0.176. The molecule has 1 fully saturated rings. The lowest BCUT2D eigenvalue weighted by atomic mass is 9.95. The van der Waals surface area contributed by atoms with Crippen LogP contribution >= 0.6 is 15.9 Å². The normalized spacial score (nSPS) is 14.8. The van der Waals surface area contributed by atoms with Crippen LogP contribution in [0.15, 0.2) is 53.0 Å². The maximum Gasteiger partial charge on any atom is 0.316 e. The molecule has 0 bridgehead atoms. The minimum absolute atomic E-state index is 0.0314. The summed E-state index contributed by atoms with van der Waals surface area (Å²) in [6.07, 6.45) is 1.67. The van der Waals surface area contributed by atoms with Crippen molar-refractivity contribution in [2.45, 2.75) is 18.3 Å². The second kappa shape index (κ2) is 6.04. The van der Waals surface area contributed by atoms with Gasteiger partial charge in [0.15, 0.2) is 0 Å². The van der Waals surface area contributed by atoms with Crippen LogP contribution in [0.2, 0.25) is 0 Å². The molecule has 23 heavy (non-hydrogen) atoms. The number of benzene rings is 2. The van der Waals surface area contributed by atoms with E-state index in [1.807, 2.05) is 24.3 Å². The monoisotopic (exact) mass is 373 g/mol. The Morgan fingerprint density at radius 3 is 2.17 bits per heavy atom. The molecular formula is C17H16BrN3O2. The molecule has 3 amide bonds. The Morgan fingerprint density at radius 2 is 1.61 bits per heavy atom. The third kappa shape index (κ3) is 3.37. The molecule has 2 aromatic carbocycles. The summed E-state index contributed by atoms with van der Waals surface area (Å²) in [7, 11) is 0. The van der Waals surface area contributed by atoms with Crippen LogP contribution in [-0.2, 0) is 10.2 Å². The molecule has 0 radical (unpaired) electrons. The number of amides is 3. The van der Waals surface area contributed by atoms with Crippen molar-refractivity contribution in [1.82, 2.24) is 0 Å². The lowest BCUT2D eigenvalue weighted by Gasteiger charge is -2.16. The molecule has 0 spiro atoms. The van der Waals surface area contributed by atoms with E-state index in [0.717, 1.165) is 22.9 Å². The average Bonchev–Trinajstić information content (AvgIpc) is 3.29. The van der Waals surface area contributed by atoms with Gasteiger partial charge in [-0.15, -0.1) is 0 Å². The summed E-state index contributed by atoms with van der Waals surface area (Å²) in [6, 6.07) is 14.1. The second-order valence-corrected chi connectivity index (χ2v) is 6.53. The molecule has 1 saturated carbocycles. The first kappa shape index (κ1) is 15.6. The van der Waals surface area contributed by atoms with Crippen LogP contribution < -0.4 is 16.4 Å². The summed E-state index contributed by atoms with van der Waals surface area (Å²) in [5.41, 5.74) is 6.84. The van der Waals surface area contributed by atoms with Crippen molar-refractivity contribution < 1.29 is 9.59 Å². The number of rotatable bonds is 4. The van der Waals surface area contributed by atoms with Gasteiger partial charge < -0.3 is 16.4 Å². The van der Waals surface area contributed by atoms with Gasteiger partial charge in [-0.25, -0.2) is 4.79 Å². The number of hydrogen-bond acceptors (Lipinski definition) is 2. The standard InChI is InChI=1S/C17H16BrN3O2/c18-12-6-4-11(5-7-12)17(8-9-17)15(22)20-13-2-1-3-14(10-13)21-16(19)23/h1-7,10H,8-9H2,(H,20,22)(H3,19,21,23). The van der Waals surface area contributed by atoms with Crippen molar-refractivity contribution in [3.63, 3.8) is 0 Å². The van der Waals surface area contributed by atoms with E-state index >= 15 is 0 Å². The van der Waals surface area contributed by atoms with Gasteiger partial charge >= 0.3 is 6.03 Å². The molecular weight excluding hydrogens is 358 g/mol. The molecule has 4 N–H and O–H groups in total. The number of carbonyl (C=O) groups excluding carboxylic acids is 2. The first-order valence-corrected chi connectivity index (χ1v) is 8.03. The van der Waals surface area contributed by atoms with Gasteiger partial charge in [0.1, 0.15) is 0 Å². The van der Waals surface area contributed by atoms with Crippen molar-refractivity contribution in [1.29, 1.82) is 0 Å². The average molecular weight is 374 g/mol. The van der Waals surface area contributed by atoms with Gasteiger partial charge in [0.2, 0.25) is 5.91 Å². The molecule has 0 heterocycles. The van der Waals surface area contributed by atoms with Crippen LogP contribution in [0.3, 0.4) is 0 Å². The minimum atomic E-state index is -0.637. The molecule has 3 rings (SSSR count). The number of carbonyl (C=O) groups is 2. The minimum Gasteiger partial charge on any atom is -0.351 e. The first-order chi connectivity index (χ1) is 11.0. The number of urea groups is 1. The van der Waals surface area contributed by atoms with Crippen molar-refractivity contribution in [2.24, 2.45) is 5.73 Å². The number of nitrogens with one attached hydrogen (secondary N) is 2. The van der Waals surface area contributed by atoms with E-state index in [9.17, 15) is 9.59 Å². The maximum absolute atomic E-state index is 12.7. The Balaban J connectivity index is 1.76. The summed E-state index contributed by atoms with van der Waals surface area (Å²) in [5.74, 6) is -0.0314. The van der Waals surface area contributed by atoms with Crippen LogP contribution in [0.1, 0.15) is 18.4 Å². The Kier molecular flexibility index (Phi) is 4.09. The zero-order valence-electron chi connectivity index (χ0n) is 12.3. The Morgan fingerprint density at radius 1 is 1.00 bits per heavy atom. The summed E-state index contributed by atoms with van der Waals surface area (Å²) in [6.45, 7) is 0. The van der Waals surface area contributed by atoms with E-state index in [2.05, 4.69) is 26.6 Å². The molecule has 0 unspecified atom stereocenters. The van der Waals surface area contributed by atoms with Crippen LogP contribution in [0.25, 0.3) is 0 Å². The number of hydrogen-bond donors (Lipinski definition) is 3. The van der Waals surface area contributed by atoms with Crippen LogP contribution in [-0.4, -0.2) is 11.9 Å². The molecule has 0 atom stereocenters. The first-order valence-electron chi connectivity index (χ1n) is 7.24. The van der Waals surface area contributed by atoms with Gasteiger partial charge in [0, 0.05) is 15.8 Å². The fourth-order valence-electron chi connectivity index (χ4n) is 2.61. The van der Waals surface area contributed by atoms with E-state index in [1.54, 1.807) is 24.3 Å². The van der Waals surface area contributed by atoms with Crippen LogP contribution in [0.4, 0.5) is 16.2 Å².